The predicted octanol–water partition coefficient (Wildman–Crippen LogP) is 4.41. The fourth-order valence-electron chi connectivity index (χ4n) is 2.99. The summed E-state index contributed by atoms with van der Waals surface area (Å²) >= 11 is 0. The minimum Gasteiger partial charge on any atom is -0.347 e. The van der Waals surface area contributed by atoms with Crippen LogP contribution in [-0.2, 0) is 13.5 Å². The quantitative estimate of drug-likeness (QED) is 0.687. The van der Waals surface area contributed by atoms with Crippen molar-refractivity contribution >= 4 is 16.6 Å². The molecule has 0 spiro atoms. The number of hydrogen-bond acceptors (Lipinski definition) is 1. The highest BCUT2D eigenvalue weighted by molar-refractivity contribution is 6.11. The molecule has 0 unspecified atom stereocenters. The molecule has 2 aromatic carbocycles. The SMILES string of the molecule is Cc1ccccc1CC(=N)c1c(C)n(C)c2ccccc12. The highest BCUT2D eigenvalue weighted by Gasteiger charge is 2.16. The molecule has 0 radical (unpaired) electrons. The zero-order chi connectivity index (χ0) is 15.0. The molecular formula is C19H20N2. The molecule has 0 bridgehead atoms. The lowest BCUT2D eigenvalue weighted by molar-refractivity contribution is 0.915. The topological polar surface area (TPSA) is 28.8 Å². The summed E-state index contributed by atoms with van der Waals surface area (Å²) in [5, 5.41) is 9.76. The highest BCUT2D eigenvalue weighted by Crippen LogP contribution is 2.26. The van der Waals surface area contributed by atoms with E-state index in [1.165, 1.54) is 22.0 Å². The van der Waals surface area contributed by atoms with Gasteiger partial charge in [-0.1, -0.05) is 42.5 Å². The maximum Gasteiger partial charge on any atom is 0.0486 e. The van der Waals surface area contributed by atoms with Crippen LogP contribution < -0.4 is 0 Å². The number of benzene rings is 2. The van der Waals surface area contributed by atoms with Gasteiger partial charge in [0.1, 0.15) is 0 Å². The van der Waals surface area contributed by atoms with Gasteiger partial charge in [-0.05, 0) is 31.0 Å². The molecule has 1 aromatic heterocycles. The molecule has 0 aliphatic heterocycles. The maximum atomic E-state index is 8.59. The Kier molecular flexibility index (Phi) is 3.38. The van der Waals surface area contributed by atoms with Gasteiger partial charge in [-0.15, -0.1) is 0 Å². The lowest BCUT2D eigenvalue weighted by Gasteiger charge is -2.08. The van der Waals surface area contributed by atoms with Gasteiger partial charge in [-0.3, -0.25) is 0 Å². The third-order valence-corrected chi connectivity index (χ3v) is 4.33. The second kappa shape index (κ2) is 5.21. The van der Waals surface area contributed by atoms with Crippen LogP contribution in [0, 0.1) is 19.3 Å². The summed E-state index contributed by atoms with van der Waals surface area (Å²) in [6.45, 7) is 4.21. The van der Waals surface area contributed by atoms with Crippen molar-refractivity contribution in [3.05, 3.63) is 70.9 Å². The minimum absolute atomic E-state index is 0.682. The van der Waals surface area contributed by atoms with Gasteiger partial charge >= 0.3 is 0 Å². The van der Waals surface area contributed by atoms with Gasteiger partial charge in [0.2, 0.25) is 0 Å². The monoisotopic (exact) mass is 276 g/mol. The molecule has 0 amide bonds. The smallest absolute Gasteiger partial charge is 0.0486 e. The molecule has 0 aliphatic rings. The van der Waals surface area contributed by atoms with Crippen molar-refractivity contribution < 1.29 is 0 Å². The van der Waals surface area contributed by atoms with Crippen LogP contribution in [0.2, 0.25) is 0 Å². The Morgan fingerprint density at radius 2 is 1.67 bits per heavy atom. The summed E-state index contributed by atoms with van der Waals surface area (Å²) in [5.41, 5.74) is 6.61. The van der Waals surface area contributed by atoms with Crippen LogP contribution in [-0.4, -0.2) is 10.3 Å². The molecule has 3 rings (SSSR count). The van der Waals surface area contributed by atoms with E-state index < -0.39 is 0 Å². The van der Waals surface area contributed by atoms with E-state index in [9.17, 15) is 0 Å². The van der Waals surface area contributed by atoms with Crippen LogP contribution in [0.1, 0.15) is 22.4 Å². The Labute approximate surface area is 125 Å². The van der Waals surface area contributed by atoms with Crippen molar-refractivity contribution in [2.24, 2.45) is 7.05 Å². The number of aromatic nitrogens is 1. The first kappa shape index (κ1) is 13.6. The zero-order valence-corrected chi connectivity index (χ0v) is 12.8. The number of hydrogen-bond donors (Lipinski definition) is 1. The van der Waals surface area contributed by atoms with E-state index in [0.29, 0.717) is 12.1 Å². The van der Waals surface area contributed by atoms with Crippen LogP contribution in [0.15, 0.2) is 48.5 Å². The predicted molar refractivity (Wildman–Crippen MR) is 89.4 cm³/mol. The Balaban J connectivity index is 2.07. The van der Waals surface area contributed by atoms with Crippen molar-refractivity contribution in [3.63, 3.8) is 0 Å². The average Bonchev–Trinajstić information content (AvgIpc) is 2.74. The summed E-state index contributed by atoms with van der Waals surface area (Å²) in [6.07, 6.45) is 0.682. The lowest BCUT2D eigenvalue weighted by Crippen LogP contribution is -2.06. The van der Waals surface area contributed by atoms with Crippen LogP contribution in [0.3, 0.4) is 0 Å². The number of nitrogens with zero attached hydrogens (tertiary/aromatic N) is 1. The van der Waals surface area contributed by atoms with E-state index in [0.717, 1.165) is 11.3 Å². The van der Waals surface area contributed by atoms with E-state index >= 15 is 0 Å². The molecule has 1 heterocycles. The lowest BCUT2D eigenvalue weighted by atomic mass is 9.97. The number of aryl methyl sites for hydroxylation is 2. The van der Waals surface area contributed by atoms with Gasteiger partial charge in [-0.25, -0.2) is 0 Å². The van der Waals surface area contributed by atoms with Gasteiger partial charge in [0.15, 0.2) is 0 Å². The van der Waals surface area contributed by atoms with Crippen molar-refractivity contribution in [1.29, 1.82) is 5.41 Å². The second-order valence-electron chi connectivity index (χ2n) is 5.62. The molecule has 0 saturated heterocycles. The van der Waals surface area contributed by atoms with E-state index in [1.807, 2.05) is 18.2 Å². The molecule has 0 atom stereocenters. The van der Waals surface area contributed by atoms with E-state index in [2.05, 4.69) is 55.8 Å². The van der Waals surface area contributed by atoms with Gasteiger partial charge in [0.25, 0.3) is 0 Å². The first-order valence-electron chi connectivity index (χ1n) is 7.26. The number of rotatable bonds is 3. The second-order valence-corrected chi connectivity index (χ2v) is 5.62. The summed E-state index contributed by atoms with van der Waals surface area (Å²) in [6, 6.07) is 16.7. The van der Waals surface area contributed by atoms with Gasteiger partial charge in [0.05, 0.1) is 0 Å². The average molecular weight is 276 g/mol. The van der Waals surface area contributed by atoms with Crippen molar-refractivity contribution in [3.8, 4) is 0 Å². The molecule has 2 nitrogen and oxygen atoms in total. The number of para-hydroxylation sites is 1. The normalized spacial score (nSPS) is 11.0. The Morgan fingerprint density at radius 3 is 2.43 bits per heavy atom. The molecular weight excluding hydrogens is 256 g/mol. The fourth-order valence-corrected chi connectivity index (χ4v) is 2.99. The van der Waals surface area contributed by atoms with Crippen molar-refractivity contribution in [2.45, 2.75) is 20.3 Å². The molecule has 0 fully saturated rings. The first-order chi connectivity index (χ1) is 10.1. The van der Waals surface area contributed by atoms with Crippen LogP contribution in [0.4, 0.5) is 0 Å². The van der Waals surface area contributed by atoms with Crippen molar-refractivity contribution in [1.82, 2.24) is 4.57 Å². The Bertz CT molecular complexity index is 825. The largest absolute Gasteiger partial charge is 0.347 e. The molecule has 0 saturated carbocycles. The molecule has 3 aromatic rings. The molecule has 106 valence electrons. The summed E-state index contributed by atoms with van der Waals surface area (Å²) in [4.78, 5) is 0. The van der Waals surface area contributed by atoms with Crippen LogP contribution in [0.5, 0.6) is 0 Å². The summed E-state index contributed by atoms with van der Waals surface area (Å²) in [5.74, 6) is 0. The molecule has 1 N–H and O–H groups in total. The number of nitrogens with one attached hydrogen (secondary N) is 1. The van der Waals surface area contributed by atoms with E-state index in [4.69, 9.17) is 5.41 Å². The van der Waals surface area contributed by atoms with Crippen molar-refractivity contribution in [2.75, 3.05) is 0 Å². The first-order valence-corrected chi connectivity index (χ1v) is 7.26. The van der Waals surface area contributed by atoms with Crippen LogP contribution in [0.25, 0.3) is 10.9 Å². The minimum atomic E-state index is 0.682. The van der Waals surface area contributed by atoms with Gasteiger partial charge < -0.3 is 9.98 Å². The zero-order valence-electron chi connectivity index (χ0n) is 12.8. The summed E-state index contributed by atoms with van der Waals surface area (Å²) < 4.78 is 2.18. The molecule has 2 heteroatoms. The van der Waals surface area contributed by atoms with Gasteiger partial charge in [-0.2, -0.15) is 0 Å². The standard InChI is InChI=1S/C19H20N2/c1-13-8-4-5-9-15(13)12-17(20)19-14(2)21(3)18-11-7-6-10-16(18)19/h4-11,20H,12H2,1-3H3. The van der Waals surface area contributed by atoms with Crippen LogP contribution >= 0.6 is 0 Å². The third kappa shape index (κ3) is 2.27. The molecule has 0 aliphatic carbocycles. The number of fused-ring (bicyclic) bond motifs is 1. The maximum absolute atomic E-state index is 8.59. The fraction of sp³-hybridized carbons (Fsp3) is 0.211. The third-order valence-electron chi connectivity index (χ3n) is 4.33. The summed E-state index contributed by atoms with van der Waals surface area (Å²) in [7, 11) is 2.07. The van der Waals surface area contributed by atoms with E-state index in [-0.39, 0.29) is 0 Å². The molecule has 21 heavy (non-hydrogen) atoms. The highest BCUT2D eigenvalue weighted by atomic mass is 14.9. The van der Waals surface area contributed by atoms with Gasteiger partial charge in [0, 0.05) is 41.3 Å². The Morgan fingerprint density at radius 1 is 1.00 bits per heavy atom. The Hall–Kier alpha value is -2.35. The van der Waals surface area contributed by atoms with E-state index in [1.54, 1.807) is 0 Å².